The number of amides is 1. The van der Waals surface area contributed by atoms with Gasteiger partial charge in [0.2, 0.25) is 5.91 Å². The fourth-order valence-corrected chi connectivity index (χ4v) is 9.88. The van der Waals surface area contributed by atoms with Crippen LogP contribution in [0.5, 0.6) is 0 Å². The van der Waals surface area contributed by atoms with Crippen LogP contribution < -0.4 is 31.9 Å². The molecular weight excluding hydrogens is 1110 g/mol. The van der Waals surface area contributed by atoms with Crippen molar-refractivity contribution in [2.24, 2.45) is 0 Å². The smallest absolute Gasteiger partial charge is 0.480 e. The molecule has 23 heteroatoms. The summed E-state index contributed by atoms with van der Waals surface area (Å²) in [6, 6.07) is 8.33. The summed E-state index contributed by atoms with van der Waals surface area (Å²) < 4.78 is 0. The summed E-state index contributed by atoms with van der Waals surface area (Å²) in [6.45, 7) is 20.2. The van der Waals surface area contributed by atoms with E-state index in [0.717, 1.165) is 163 Å². The molecule has 1 atom stereocenters. The van der Waals surface area contributed by atoms with Crippen molar-refractivity contribution in [1.82, 2.24) is 66.2 Å². The molecule has 75 heavy (non-hydrogen) atoms. The van der Waals surface area contributed by atoms with Gasteiger partial charge in [-0.25, -0.2) is 0 Å². The Morgan fingerprint density at radius 1 is 0.453 bits per heavy atom. The molecule has 22 nitrogen and oxygen atoms in total. The summed E-state index contributed by atoms with van der Waals surface area (Å²) in [5, 5.41) is 59.9. The molecule has 427 valence electrons. The first-order valence-corrected chi connectivity index (χ1v) is 27.8. The van der Waals surface area contributed by atoms with Crippen LogP contribution in [0, 0.1) is 39.9 Å². The SMILES string of the molecule is O=C(O)CN1CCN(CC(=O)O)CCN(C(CCCNC(=O)CCCCN2CCCN(Cc3ccc(CN4CCCNCCNCCCNCC4)cc3)CCNCCCNCC2)C(=O)O)CCN(CC(=O)O)CC1.[Gd+3]. The van der Waals surface area contributed by atoms with Gasteiger partial charge < -0.3 is 57.2 Å². The number of unbranched alkanes of at least 4 members (excludes halogenated alkanes) is 1. The minimum atomic E-state index is -1.05. The Kier molecular flexibility index (Phi) is 36.9. The van der Waals surface area contributed by atoms with E-state index in [-0.39, 0.29) is 124 Å². The number of rotatable bonds is 21. The summed E-state index contributed by atoms with van der Waals surface area (Å²) in [5.41, 5.74) is 2.70. The average molecular weight is 1200 g/mol. The molecular formula is C52H95GdN13O9+3. The number of carbonyl (C=O) groups is 5. The molecule has 0 saturated carbocycles. The van der Waals surface area contributed by atoms with E-state index in [9.17, 15) is 44.4 Å². The topological polar surface area (TPSA) is 261 Å². The van der Waals surface area contributed by atoms with Crippen molar-refractivity contribution in [3.63, 3.8) is 0 Å². The predicted octanol–water partition coefficient (Wildman–Crippen LogP) is -0.877. The first-order chi connectivity index (χ1) is 35.9. The predicted molar refractivity (Wildman–Crippen MR) is 288 cm³/mol. The molecule has 1 unspecified atom stereocenters. The summed E-state index contributed by atoms with van der Waals surface area (Å²) in [6.07, 6.45) is 7.07. The van der Waals surface area contributed by atoms with Crippen LogP contribution in [-0.2, 0) is 37.1 Å². The van der Waals surface area contributed by atoms with Crippen LogP contribution in [0.2, 0.25) is 0 Å². The molecule has 0 spiro atoms. The maximum Gasteiger partial charge on any atom is 3.00 e. The number of hydrogen-bond donors (Lipinski definition) is 10. The van der Waals surface area contributed by atoms with Gasteiger partial charge in [-0.1, -0.05) is 24.3 Å². The monoisotopic (exact) mass is 1200 g/mol. The first kappa shape index (κ1) is 66.7. The van der Waals surface area contributed by atoms with Gasteiger partial charge in [-0.3, -0.25) is 53.4 Å². The van der Waals surface area contributed by atoms with E-state index < -0.39 is 29.9 Å². The van der Waals surface area contributed by atoms with E-state index in [2.05, 4.69) is 70.9 Å². The van der Waals surface area contributed by atoms with Gasteiger partial charge in [0.25, 0.3) is 0 Å². The summed E-state index contributed by atoms with van der Waals surface area (Å²) in [5.74, 6) is -4.25. The third kappa shape index (κ3) is 32.2. The maximum atomic E-state index is 13.0. The van der Waals surface area contributed by atoms with Crippen molar-refractivity contribution in [3.8, 4) is 0 Å². The van der Waals surface area contributed by atoms with Crippen LogP contribution in [0.15, 0.2) is 24.3 Å². The van der Waals surface area contributed by atoms with E-state index in [4.69, 9.17) is 0 Å². The number of nitrogens with zero attached hydrogens (tertiary/aromatic N) is 7. The van der Waals surface area contributed by atoms with E-state index >= 15 is 0 Å². The molecule has 0 bridgehead atoms. The van der Waals surface area contributed by atoms with Crippen molar-refractivity contribution in [1.29, 1.82) is 0 Å². The molecule has 1 radical (unpaired) electrons. The van der Waals surface area contributed by atoms with Crippen molar-refractivity contribution < 1.29 is 84.3 Å². The Morgan fingerprint density at radius 3 is 1.33 bits per heavy atom. The molecule has 3 heterocycles. The number of hydrogen-bond acceptors (Lipinski definition) is 17. The molecule has 1 aromatic carbocycles. The Hall–Kier alpha value is -2.59. The normalized spacial score (nSPS) is 20.7. The van der Waals surface area contributed by atoms with E-state index in [1.54, 1.807) is 19.6 Å². The van der Waals surface area contributed by atoms with E-state index in [1.807, 2.05) is 0 Å². The second-order valence-electron chi connectivity index (χ2n) is 20.2. The standard InChI is InChI=1S/C52H95N13O9.Gd/c66-48(58-19-3-8-47(52(73)74)65-38-36-63(43-50(69)70)34-32-62(42-49(67)68)33-35-64(37-39-65)44-51(71)72)9-1-2-25-59-27-7-28-61(31-24-57-17-5-16-55-22-29-59)41-46-12-10-45(11-13-46)40-60-26-6-18-54-21-20-53-14-4-15-56-23-30-60;/h10-13,47,53-57H,1-9,14-44H2,(H,58,66)(H,67,68)(H,69,70)(H,71,72)(H,73,74);/q;+3. The Morgan fingerprint density at radius 2 is 0.867 bits per heavy atom. The second-order valence-corrected chi connectivity index (χ2v) is 20.2. The molecule has 0 aromatic heterocycles. The third-order valence-electron chi connectivity index (χ3n) is 14.1. The summed E-state index contributed by atoms with van der Waals surface area (Å²) in [7, 11) is 0. The summed E-state index contributed by atoms with van der Waals surface area (Å²) >= 11 is 0. The van der Waals surface area contributed by atoms with E-state index in [0.29, 0.717) is 19.4 Å². The first-order valence-electron chi connectivity index (χ1n) is 27.8. The number of benzene rings is 1. The van der Waals surface area contributed by atoms with Crippen molar-refractivity contribution in [3.05, 3.63) is 35.4 Å². The molecule has 3 aliphatic heterocycles. The zero-order valence-electron chi connectivity index (χ0n) is 45.0. The fourth-order valence-electron chi connectivity index (χ4n) is 9.88. The Bertz CT molecular complexity index is 1680. The minimum Gasteiger partial charge on any atom is -0.480 e. The second kappa shape index (κ2) is 41.5. The van der Waals surface area contributed by atoms with Crippen molar-refractivity contribution in [2.45, 2.75) is 76.9 Å². The van der Waals surface area contributed by atoms with Crippen LogP contribution in [0.4, 0.5) is 0 Å². The quantitative estimate of drug-likeness (QED) is 0.0671. The minimum absolute atomic E-state index is 0. The van der Waals surface area contributed by atoms with Gasteiger partial charge in [0, 0.05) is 131 Å². The van der Waals surface area contributed by atoms with Crippen molar-refractivity contribution in [2.75, 3.05) is 190 Å². The molecule has 10 N–H and O–H groups in total. The molecule has 3 fully saturated rings. The molecule has 3 aliphatic rings. The summed E-state index contributed by atoms with van der Waals surface area (Å²) in [4.78, 5) is 75.1. The number of carbonyl (C=O) groups excluding carboxylic acids is 1. The van der Waals surface area contributed by atoms with Gasteiger partial charge in [-0.15, -0.1) is 0 Å². The van der Waals surface area contributed by atoms with Gasteiger partial charge in [-0.05, 0) is 121 Å². The van der Waals surface area contributed by atoms with Gasteiger partial charge >= 0.3 is 63.8 Å². The van der Waals surface area contributed by atoms with Gasteiger partial charge in [0.15, 0.2) is 0 Å². The van der Waals surface area contributed by atoms with Gasteiger partial charge in [0.05, 0.1) is 19.6 Å². The van der Waals surface area contributed by atoms with Crippen LogP contribution in [0.1, 0.15) is 68.9 Å². The number of carboxylic acid groups (broad SMARTS) is 4. The maximum absolute atomic E-state index is 13.0. The largest absolute Gasteiger partial charge is 3.00 e. The van der Waals surface area contributed by atoms with Crippen LogP contribution >= 0.6 is 0 Å². The molecule has 1 amide bonds. The number of carboxylic acids is 4. The molecule has 1 aromatic rings. The van der Waals surface area contributed by atoms with E-state index in [1.165, 1.54) is 11.1 Å². The Balaban J connectivity index is 0.0000148. The van der Waals surface area contributed by atoms with Crippen molar-refractivity contribution >= 4 is 29.8 Å². The van der Waals surface area contributed by atoms with Crippen LogP contribution in [0.3, 0.4) is 0 Å². The number of nitrogens with one attached hydrogen (secondary N) is 6. The van der Waals surface area contributed by atoms with Gasteiger partial charge in [-0.2, -0.15) is 0 Å². The number of aliphatic carboxylic acids is 4. The van der Waals surface area contributed by atoms with Gasteiger partial charge in [0.1, 0.15) is 6.04 Å². The Labute approximate surface area is 479 Å². The molecule has 4 rings (SSSR count). The van der Waals surface area contributed by atoms with Crippen LogP contribution in [-0.4, -0.2) is 280 Å². The fraction of sp³-hybridized carbons (Fsp3) is 0.788. The van der Waals surface area contributed by atoms with Crippen LogP contribution in [0.25, 0.3) is 0 Å². The third-order valence-corrected chi connectivity index (χ3v) is 14.1. The molecule has 0 aliphatic carbocycles. The average Bonchev–Trinajstić information content (AvgIpc) is 3.35. The zero-order chi connectivity index (χ0) is 53.0. The molecule has 3 saturated heterocycles. The zero-order valence-corrected chi connectivity index (χ0v) is 47.3.